The fourth-order valence-electron chi connectivity index (χ4n) is 0.671. The van der Waals surface area contributed by atoms with E-state index in [0.717, 1.165) is 0 Å². The Balaban J connectivity index is 3.75. The molecule has 0 saturated carbocycles. The van der Waals surface area contributed by atoms with E-state index in [1.807, 2.05) is 0 Å². The molecule has 0 spiro atoms. The molecule has 0 heterocycles. The van der Waals surface area contributed by atoms with E-state index in [4.69, 9.17) is 5.11 Å². The van der Waals surface area contributed by atoms with Crippen LogP contribution in [0.2, 0.25) is 0 Å². The highest BCUT2D eigenvalue weighted by molar-refractivity contribution is 5.91. The molecular weight excluding hydrogens is 232 g/mol. The van der Waals surface area contributed by atoms with Crippen molar-refractivity contribution in [2.75, 3.05) is 6.79 Å². The van der Waals surface area contributed by atoms with Gasteiger partial charge in [0.1, 0.15) is 0 Å². The van der Waals surface area contributed by atoms with Crippen molar-refractivity contribution in [2.45, 2.75) is 26.4 Å². The Bertz CT molecular complexity index is 319. The molecule has 0 saturated heterocycles. The zero-order valence-corrected chi connectivity index (χ0v) is 9.60. The number of carboxylic acids is 1. The maximum Gasteiger partial charge on any atom is 0.511 e. The third kappa shape index (κ3) is 7.83. The summed E-state index contributed by atoms with van der Waals surface area (Å²) in [5, 5.41) is 8.43. The standard InChI is InChI=1S/C10H14O7/c1-6(2)17-10(14)16-5-15-8(11)4-7(3)9(12)13/h6H,3-5H2,1-2H3,(H,12,13). The summed E-state index contributed by atoms with van der Waals surface area (Å²) >= 11 is 0. The molecule has 7 heteroatoms. The van der Waals surface area contributed by atoms with Crippen molar-refractivity contribution in [2.24, 2.45) is 0 Å². The van der Waals surface area contributed by atoms with E-state index in [1.165, 1.54) is 0 Å². The van der Waals surface area contributed by atoms with Gasteiger partial charge >= 0.3 is 18.1 Å². The van der Waals surface area contributed by atoms with Crippen LogP contribution in [0.3, 0.4) is 0 Å². The minimum Gasteiger partial charge on any atom is -0.478 e. The van der Waals surface area contributed by atoms with Gasteiger partial charge in [-0.1, -0.05) is 6.58 Å². The summed E-state index contributed by atoms with van der Waals surface area (Å²) in [5.41, 5.74) is -0.306. The van der Waals surface area contributed by atoms with E-state index in [1.54, 1.807) is 13.8 Å². The molecule has 1 N–H and O–H groups in total. The average Bonchev–Trinajstić information content (AvgIpc) is 2.15. The highest BCUT2D eigenvalue weighted by Crippen LogP contribution is 2.00. The van der Waals surface area contributed by atoms with Crippen LogP contribution in [0.25, 0.3) is 0 Å². The van der Waals surface area contributed by atoms with Crippen LogP contribution in [0.1, 0.15) is 20.3 Å². The number of carbonyl (C=O) groups excluding carboxylic acids is 2. The normalized spacial score (nSPS) is 9.59. The highest BCUT2D eigenvalue weighted by Gasteiger charge is 2.12. The van der Waals surface area contributed by atoms with Crippen molar-refractivity contribution in [3.8, 4) is 0 Å². The molecule has 17 heavy (non-hydrogen) atoms. The minimum absolute atomic E-state index is 0.306. The van der Waals surface area contributed by atoms with Crippen molar-refractivity contribution in [1.82, 2.24) is 0 Å². The van der Waals surface area contributed by atoms with Gasteiger partial charge in [-0.05, 0) is 13.8 Å². The second kappa shape index (κ2) is 7.26. The monoisotopic (exact) mass is 246 g/mol. The second-order valence-corrected chi connectivity index (χ2v) is 3.28. The molecule has 96 valence electrons. The zero-order chi connectivity index (χ0) is 13.4. The van der Waals surface area contributed by atoms with Gasteiger partial charge in [0, 0.05) is 5.57 Å². The number of hydrogen-bond donors (Lipinski definition) is 1. The molecule has 0 radical (unpaired) electrons. The van der Waals surface area contributed by atoms with Crippen molar-refractivity contribution in [1.29, 1.82) is 0 Å². The molecule has 0 atom stereocenters. The molecular formula is C10H14O7. The Labute approximate surface area is 98.0 Å². The Morgan fingerprint density at radius 3 is 2.29 bits per heavy atom. The highest BCUT2D eigenvalue weighted by atomic mass is 16.8. The van der Waals surface area contributed by atoms with Gasteiger partial charge in [0.05, 0.1) is 12.5 Å². The Morgan fingerprint density at radius 2 is 1.82 bits per heavy atom. The van der Waals surface area contributed by atoms with Crippen LogP contribution in [-0.2, 0) is 23.8 Å². The molecule has 0 amide bonds. The number of ether oxygens (including phenoxy) is 3. The van der Waals surface area contributed by atoms with Gasteiger partial charge in [-0.2, -0.15) is 0 Å². The molecule has 0 aliphatic heterocycles. The van der Waals surface area contributed by atoms with Crippen LogP contribution in [0.4, 0.5) is 4.79 Å². The molecule has 0 fully saturated rings. The quantitative estimate of drug-likeness (QED) is 0.425. The van der Waals surface area contributed by atoms with Gasteiger partial charge in [-0.15, -0.1) is 0 Å². The predicted molar refractivity (Wildman–Crippen MR) is 55.1 cm³/mol. The minimum atomic E-state index is -1.29. The van der Waals surface area contributed by atoms with Crippen molar-refractivity contribution >= 4 is 18.1 Å². The molecule has 0 bridgehead atoms. The predicted octanol–water partition coefficient (Wildman–Crippen LogP) is 1.08. The molecule has 0 rings (SSSR count). The molecule has 0 unspecified atom stereocenters. The molecule has 7 nitrogen and oxygen atoms in total. The Kier molecular flexibility index (Phi) is 6.39. The summed E-state index contributed by atoms with van der Waals surface area (Å²) in [6, 6.07) is 0. The largest absolute Gasteiger partial charge is 0.511 e. The smallest absolute Gasteiger partial charge is 0.478 e. The van der Waals surface area contributed by atoms with Gasteiger partial charge in [-0.3, -0.25) is 4.79 Å². The summed E-state index contributed by atoms with van der Waals surface area (Å²) in [5.74, 6) is -2.14. The topological polar surface area (TPSA) is 99.1 Å². The van der Waals surface area contributed by atoms with Crippen molar-refractivity contribution < 1.29 is 33.7 Å². The van der Waals surface area contributed by atoms with Gasteiger partial charge in [-0.25, -0.2) is 9.59 Å². The lowest BCUT2D eigenvalue weighted by Gasteiger charge is -2.08. The first kappa shape index (κ1) is 14.9. The number of hydrogen-bond acceptors (Lipinski definition) is 6. The summed E-state index contributed by atoms with van der Waals surface area (Å²) < 4.78 is 13.4. The van der Waals surface area contributed by atoms with E-state index < -0.39 is 31.3 Å². The summed E-state index contributed by atoms with van der Waals surface area (Å²) in [7, 11) is 0. The van der Waals surface area contributed by atoms with Crippen molar-refractivity contribution in [3.63, 3.8) is 0 Å². The SMILES string of the molecule is C=C(CC(=O)OCOC(=O)OC(C)C)C(=O)O. The van der Waals surface area contributed by atoms with E-state index >= 15 is 0 Å². The van der Waals surface area contributed by atoms with Crippen LogP contribution in [0, 0.1) is 0 Å². The number of carbonyl (C=O) groups is 3. The van der Waals surface area contributed by atoms with Gasteiger partial charge in [0.25, 0.3) is 0 Å². The van der Waals surface area contributed by atoms with E-state index in [0.29, 0.717) is 0 Å². The van der Waals surface area contributed by atoms with Crippen molar-refractivity contribution in [3.05, 3.63) is 12.2 Å². The number of carboxylic acid groups (broad SMARTS) is 1. The maximum atomic E-state index is 11.0. The Hall–Kier alpha value is -2.05. The second-order valence-electron chi connectivity index (χ2n) is 3.28. The fourth-order valence-corrected chi connectivity index (χ4v) is 0.671. The van der Waals surface area contributed by atoms with Crippen LogP contribution in [0.15, 0.2) is 12.2 Å². The molecule has 0 aromatic heterocycles. The van der Waals surface area contributed by atoms with Crippen LogP contribution in [0.5, 0.6) is 0 Å². The lowest BCUT2D eigenvalue weighted by molar-refractivity contribution is -0.153. The van der Waals surface area contributed by atoms with Crippen LogP contribution >= 0.6 is 0 Å². The van der Waals surface area contributed by atoms with Crippen LogP contribution < -0.4 is 0 Å². The summed E-state index contributed by atoms with van der Waals surface area (Å²) in [4.78, 5) is 32.1. The first-order valence-electron chi connectivity index (χ1n) is 4.73. The summed E-state index contributed by atoms with van der Waals surface area (Å²) in [6.45, 7) is 5.77. The average molecular weight is 246 g/mol. The van der Waals surface area contributed by atoms with Gasteiger partial charge < -0.3 is 19.3 Å². The molecule has 0 aromatic carbocycles. The molecule has 0 aromatic rings. The maximum absolute atomic E-state index is 11.0. The lowest BCUT2D eigenvalue weighted by atomic mass is 10.2. The first-order chi connectivity index (χ1) is 7.82. The van der Waals surface area contributed by atoms with E-state index in [9.17, 15) is 14.4 Å². The fraction of sp³-hybridized carbons (Fsp3) is 0.500. The number of rotatable bonds is 6. The number of esters is 1. The van der Waals surface area contributed by atoms with E-state index in [-0.39, 0.29) is 11.7 Å². The van der Waals surface area contributed by atoms with Crippen LogP contribution in [-0.4, -0.2) is 36.1 Å². The molecule has 0 aliphatic rings. The third-order valence-electron chi connectivity index (χ3n) is 1.39. The van der Waals surface area contributed by atoms with Gasteiger partial charge in [0.2, 0.25) is 6.79 Å². The van der Waals surface area contributed by atoms with Gasteiger partial charge in [0.15, 0.2) is 0 Å². The lowest BCUT2D eigenvalue weighted by Crippen LogP contribution is -2.17. The van der Waals surface area contributed by atoms with E-state index in [2.05, 4.69) is 20.8 Å². The summed E-state index contributed by atoms with van der Waals surface area (Å²) in [6.07, 6.45) is -1.78. The third-order valence-corrected chi connectivity index (χ3v) is 1.39. The Morgan fingerprint density at radius 1 is 1.24 bits per heavy atom. The first-order valence-corrected chi connectivity index (χ1v) is 4.73. The molecule has 0 aliphatic carbocycles. The zero-order valence-electron chi connectivity index (χ0n) is 9.60. The number of aliphatic carboxylic acids is 1.